The van der Waals surface area contributed by atoms with Crippen LogP contribution in [-0.4, -0.2) is 28.5 Å². The van der Waals surface area contributed by atoms with Crippen LogP contribution in [0, 0.1) is 11.3 Å². The van der Waals surface area contributed by atoms with Crippen molar-refractivity contribution >= 4 is 23.5 Å². The average Bonchev–Trinajstić information content (AvgIpc) is 2.78. The van der Waals surface area contributed by atoms with Crippen molar-refractivity contribution in [3.63, 3.8) is 0 Å². The minimum atomic E-state index is -0.783. The minimum Gasteiger partial charge on any atom is -0.481 e. The van der Waals surface area contributed by atoms with Gasteiger partial charge in [0.15, 0.2) is 0 Å². The van der Waals surface area contributed by atoms with E-state index in [9.17, 15) is 9.59 Å². The first kappa shape index (κ1) is 17.6. The predicted molar refractivity (Wildman–Crippen MR) is 82.6 cm³/mol. The number of hydrogen-bond donors (Lipinski definition) is 3. The summed E-state index contributed by atoms with van der Waals surface area (Å²) in [5.74, 6) is -0.747. The van der Waals surface area contributed by atoms with Gasteiger partial charge in [0, 0.05) is 19.2 Å². The lowest BCUT2D eigenvalue weighted by molar-refractivity contribution is -0.137. The molecule has 0 bridgehead atoms. The zero-order valence-electron chi connectivity index (χ0n) is 12.7. The van der Waals surface area contributed by atoms with Crippen LogP contribution in [-0.2, 0) is 4.79 Å². The van der Waals surface area contributed by atoms with Crippen LogP contribution in [0.4, 0.5) is 0 Å². The Balaban J connectivity index is 2.46. The highest BCUT2D eigenvalue weighted by molar-refractivity contribution is 6.30. The molecule has 0 radical (unpaired) electrons. The van der Waals surface area contributed by atoms with Gasteiger partial charge in [-0.15, -0.1) is 0 Å². The van der Waals surface area contributed by atoms with Crippen LogP contribution in [0.25, 0.3) is 0 Å². The lowest BCUT2D eigenvalue weighted by Gasteiger charge is -2.30. The Hall–Kier alpha value is -1.49. The predicted octanol–water partition coefficient (Wildman–Crippen LogP) is 3.32. The fourth-order valence-corrected chi connectivity index (χ4v) is 2.43. The second kappa shape index (κ2) is 7.50. The molecular weight excluding hydrogens is 292 g/mol. The Morgan fingerprint density at radius 3 is 2.52 bits per heavy atom. The molecule has 1 atom stereocenters. The fraction of sp³-hybridized carbons (Fsp3) is 0.600. The van der Waals surface area contributed by atoms with Gasteiger partial charge in [-0.05, 0) is 30.2 Å². The number of carboxylic acids is 1. The lowest BCUT2D eigenvalue weighted by Crippen LogP contribution is -2.30. The maximum Gasteiger partial charge on any atom is 0.303 e. The SMILES string of the molecule is CC(C)(C)C(CCNC(=O)c1cc(Cl)c[nH]1)CCC(=O)O. The van der Waals surface area contributed by atoms with Crippen molar-refractivity contribution in [1.29, 1.82) is 0 Å². The minimum absolute atomic E-state index is 0.00984. The third-order valence-electron chi connectivity index (χ3n) is 3.60. The molecule has 1 rings (SSSR count). The summed E-state index contributed by atoms with van der Waals surface area (Å²) in [7, 11) is 0. The Labute approximate surface area is 130 Å². The van der Waals surface area contributed by atoms with E-state index in [2.05, 4.69) is 31.1 Å². The second-order valence-corrected chi connectivity index (χ2v) is 6.71. The normalized spacial score (nSPS) is 13.0. The van der Waals surface area contributed by atoms with Crippen molar-refractivity contribution in [3.05, 3.63) is 23.0 Å². The number of rotatable bonds is 7. The third-order valence-corrected chi connectivity index (χ3v) is 3.82. The molecule has 5 nitrogen and oxygen atoms in total. The number of halogens is 1. The molecule has 0 spiro atoms. The molecule has 0 fully saturated rings. The average molecular weight is 315 g/mol. The molecule has 0 saturated heterocycles. The van der Waals surface area contributed by atoms with Crippen molar-refractivity contribution < 1.29 is 14.7 Å². The number of aromatic nitrogens is 1. The molecule has 1 aromatic rings. The Morgan fingerprint density at radius 1 is 1.38 bits per heavy atom. The van der Waals surface area contributed by atoms with E-state index in [1.807, 2.05) is 0 Å². The van der Waals surface area contributed by atoms with Crippen LogP contribution < -0.4 is 5.32 Å². The van der Waals surface area contributed by atoms with Crippen LogP contribution in [0.1, 0.15) is 50.5 Å². The summed E-state index contributed by atoms with van der Waals surface area (Å²) in [4.78, 5) is 25.4. The van der Waals surface area contributed by atoms with E-state index in [0.29, 0.717) is 23.7 Å². The number of carboxylic acid groups (broad SMARTS) is 1. The molecular formula is C15H23ClN2O3. The van der Waals surface area contributed by atoms with Gasteiger partial charge in [-0.2, -0.15) is 0 Å². The molecule has 0 aliphatic rings. The standard InChI is InChI=1S/C15H23ClN2O3/c1-15(2,3)10(4-5-13(19)20)6-7-17-14(21)12-8-11(16)9-18-12/h8-10,18H,4-7H2,1-3H3,(H,17,21)(H,19,20). The molecule has 0 aliphatic carbocycles. The summed E-state index contributed by atoms with van der Waals surface area (Å²) in [6.07, 6.45) is 3.07. The highest BCUT2D eigenvalue weighted by atomic mass is 35.5. The molecule has 1 unspecified atom stereocenters. The second-order valence-electron chi connectivity index (χ2n) is 6.27. The zero-order chi connectivity index (χ0) is 16.0. The van der Waals surface area contributed by atoms with E-state index in [0.717, 1.165) is 6.42 Å². The molecule has 0 aliphatic heterocycles. The summed E-state index contributed by atoms with van der Waals surface area (Å²) in [6, 6.07) is 1.57. The number of carbonyl (C=O) groups is 2. The molecule has 0 saturated carbocycles. The maximum atomic E-state index is 11.9. The molecule has 3 N–H and O–H groups in total. The summed E-state index contributed by atoms with van der Waals surface area (Å²) < 4.78 is 0. The van der Waals surface area contributed by atoms with Crippen molar-refractivity contribution in [1.82, 2.24) is 10.3 Å². The van der Waals surface area contributed by atoms with Crippen molar-refractivity contribution in [2.24, 2.45) is 11.3 Å². The van der Waals surface area contributed by atoms with Crippen LogP contribution >= 0.6 is 11.6 Å². The van der Waals surface area contributed by atoms with Gasteiger partial charge >= 0.3 is 5.97 Å². The first-order chi connectivity index (χ1) is 9.70. The number of aromatic amines is 1. The Bertz CT molecular complexity index is 491. The van der Waals surface area contributed by atoms with Crippen molar-refractivity contribution in [3.8, 4) is 0 Å². The van der Waals surface area contributed by atoms with Gasteiger partial charge in [-0.3, -0.25) is 9.59 Å². The Kier molecular flexibility index (Phi) is 6.27. The highest BCUT2D eigenvalue weighted by Gasteiger charge is 2.25. The monoisotopic (exact) mass is 314 g/mol. The fourth-order valence-electron chi connectivity index (χ4n) is 2.26. The smallest absolute Gasteiger partial charge is 0.303 e. The number of amides is 1. The highest BCUT2D eigenvalue weighted by Crippen LogP contribution is 2.32. The van der Waals surface area contributed by atoms with Crippen LogP contribution in [0.15, 0.2) is 12.3 Å². The van der Waals surface area contributed by atoms with Gasteiger partial charge in [0.1, 0.15) is 5.69 Å². The zero-order valence-corrected chi connectivity index (χ0v) is 13.5. The summed E-state index contributed by atoms with van der Waals surface area (Å²) in [6.45, 7) is 6.78. The first-order valence-electron chi connectivity index (χ1n) is 7.04. The van der Waals surface area contributed by atoms with E-state index in [4.69, 9.17) is 16.7 Å². The molecule has 21 heavy (non-hydrogen) atoms. The van der Waals surface area contributed by atoms with Gasteiger partial charge in [0.05, 0.1) is 5.02 Å². The molecule has 1 amide bonds. The van der Waals surface area contributed by atoms with E-state index < -0.39 is 5.97 Å². The van der Waals surface area contributed by atoms with E-state index in [1.165, 1.54) is 0 Å². The number of nitrogens with one attached hydrogen (secondary N) is 2. The van der Waals surface area contributed by atoms with E-state index in [1.54, 1.807) is 12.3 Å². The number of hydrogen-bond acceptors (Lipinski definition) is 2. The molecule has 6 heteroatoms. The van der Waals surface area contributed by atoms with Crippen molar-refractivity contribution in [2.75, 3.05) is 6.54 Å². The molecule has 0 aromatic carbocycles. The molecule has 1 heterocycles. The van der Waals surface area contributed by atoms with Gasteiger partial charge < -0.3 is 15.4 Å². The van der Waals surface area contributed by atoms with Crippen molar-refractivity contribution in [2.45, 2.75) is 40.0 Å². The van der Waals surface area contributed by atoms with Gasteiger partial charge in [0.2, 0.25) is 0 Å². The van der Waals surface area contributed by atoms with Gasteiger partial charge in [0.25, 0.3) is 5.91 Å². The van der Waals surface area contributed by atoms with Gasteiger partial charge in [-0.1, -0.05) is 32.4 Å². The third kappa shape index (κ3) is 6.21. The summed E-state index contributed by atoms with van der Waals surface area (Å²) >= 11 is 5.75. The van der Waals surface area contributed by atoms with E-state index >= 15 is 0 Å². The molecule has 118 valence electrons. The number of aliphatic carboxylic acids is 1. The van der Waals surface area contributed by atoms with Crippen LogP contribution in [0.5, 0.6) is 0 Å². The number of H-pyrrole nitrogens is 1. The van der Waals surface area contributed by atoms with Crippen LogP contribution in [0.3, 0.4) is 0 Å². The summed E-state index contributed by atoms with van der Waals surface area (Å²) in [5, 5.41) is 12.1. The largest absolute Gasteiger partial charge is 0.481 e. The quantitative estimate of drug-likeness (QED) is 0.722. The van der Waals surface area contributed by atoms with Gasteiger partial charge in [-0.25, -0.2) is 0 Å². The topological polar surface area (TPSA) is 82.2 Å². The summed E-state index contributed by atoms with van der Waals surface area (Å²) in [5.41, 5.74) is 0.438. The first-order valence-corrected chi connectivity index (χ1v) is 7.42. The lowest BCUT2D eigenvalue weighted by atomic mass is 9.76. The molecule has 1 aromatic heterocycles. The van der Waals surface area contributed by atoms with E-state index in [-0.39, 0.29) is 23.7 Å². The van der Waals surface area contributed by atoms with Crippen LogP contribution in [0.2, 0.25) is 5.02 Å². The Morgan fingerprint density at radius 2 is 2.05 bits per heavy atom. The number of carbonyl (C=O) groups excluding carboxylic acids is 1. The maximum absolute atomic E-state index is 11.9.